The molecule has 2 aromatic rings. The van der Waals surface area contributed by atoms with Gasteiger partial charge in [0.25, 0.3) is 0 Å². The number of amides is 2. The molecule has 1 saturated heterocycles. The number of nitrogens with zero attached hydrogens (tertiary/aromatic N) is 4. The molecule has 39 heavy (non-hydrogen) atoms. The number of rotatable bonds is 8. The topological polar surface area (TPSA) is 110 Å². The van der Waals surface area contributed by atoms with E-state index in [9.17, 15) is 14.7 Å². The number of carbonyl (C=O) groups excluding carboxylic acids is 2. The van der Waals surface area contributed by atoms with Crippen molar-refractivity contribution in [1.82, 2.24) is 25.2 Å². The molecule has 3 saturated carbocycles. The lowest BCUT2D eigenvalue weighted by Gasteiger charge is -2.49. The van der Waals surface area contributed by atoms with Crippen molar-refractivity contribution in [2.75, 3.05) is 6.54 Å². The van der Waals surface area contributed by atoms with Gasteiger partial charge in [-0.2, -0.15) is 0 Å². The number of hydrogen-bond acceptors (Lipinski definition) is 6. The van der Waals surface area contributed by atoms with Gasteiger partial charge in [0.1, 0.15) is 12.1 Å². The van der Waals surface area contributed by atoms with Gasteiger partial charge in [-0.05, 0) is 48.5 Å². The Labute approximate surface area is 230 Å². The molecule has 9 nitrogen and oxygen atoms in total. The summed E-state index contributed by atoms with van der Waals surface area (Å²) >= 11 is 0. The maximum atomic E-state index is 14.0. The second-order valence-corrected chi connectivity index (χ2v) is 13.1. The number of carbonyl (C=O) groups is 2. The Kier molecular flexibility index (Phi) is 7.00. The van der Waals surface area contributed by atoms with E-state index in [0.717, 1.165) is 43.4 Å². The van der Waals surface area contributed by atoms with Crippen molar-refractivity contribution < 1.29 is 19.4 Å². The number of ether oxygens (including phenoxy) is 1. The Morgan fingerprint density at radius 3 is 2.59 bits per heavy atom. The first kappa shape index (κ1) is 26.4. The fourth-order valence-corrected chi connectivity index (χ4v) is 7.01. The summed E-state index contributed by atoms with van der Waals surface area (Å²) in [6, 6.07) is 8.69. The molecule has 2 heterocycles. The number of aromatic nitrogens is 3. The van der Waals surface area contributed by atoms with Gasteiger partial charge in [0.05, 0.1) is 30.6 Å². The molecular weight excluding hydrogens is 494 g/mol. The van der Waals surface area contributed by atoms with Crippen LogP contribution in [-0.4, -0.2) is 67.7 Å². The first-order chi connectivity index (χ1) is 18.7. The minimum Gasteiger partial charge on any atom is -0.391 e. The van der Waals surface area contributed by atoms with Gasteiger partial charge >= 0.3 is 0 Å². The second kappa shape index (κ2) is 10.3. The number of likely N-dealkylation sites (tertiary alicyclic amines) is 1. The van der Waals surface area contributed by atoms with Crippen LogP contribution >= 0.6 is 0 Å². The average molecular weight is 536 g/mol. The largest absolute Gasteiger partial charge is 0.391 e. The van der Waals surface area contributed by atoms with Crippen LogP contribution in [0.2, 0.25) is 0 Å². The lowest BCUT2D eigenvalue weighted by molar-refractivity contribution is -0.148. The molecule has 0 bridgehead atoms. The summed E-state index contributed by atoms with van der Waals surface area (Å²) in [4.78, 5) is 29.3. The molecule has 4 aliphatic rings. The Balaban J connectivity index is 1.17. The summed E-state index contributed by atoms with van der Waals surface area (Å²) in [7, 11) is 0. The van der Waals surface area contributed by atoms with Gasteiger partial charge < -0.3 is 20.1 Å². The number of nitrogens with one attached hydrogen (secondary N) is 1. The van der Waals surface area contributed by atoms with Crippen LogP contribution in [0, 0.1) is 17.3 Å². The van der Waals surface area contributed by atoms with Crippen LogP contribution in [0.4, 0.5) is 0 Å². The molecule has 3 aliphatic carbocycles. The van der Waals surface area contributed by atoms with E-state index in [1.54, 1.807) is 9.58 Å². The highest BCUT2D eigenvalue weighted by molar-refractivity contribution is 5.90. The number of fused-ring (bicyclic) bond motifs is 1. The van der Waals surface area contributed by atoms with Crippen molar-refractivity contribution >= 4 is 11.8 Å². The lowest BCUT2D eigenvalue weighted by atomic mass is 9.68. The average Bonchev–Trinajstić information content (AvgIpc) is 3.28. The third kappa shape index (κ3) is 5.23. The molecule has 4 fully saturated rings. The van der Waals surface area contributed by atoms with E-state index in [-0.39, 0.29) is 36.9 Å². The summed E-state index contributed by atoms with van der Waals surface area (Å²) in [5.74, 6) is 0.900. The fourth-order valence-electron chi connectivity index (χ4n) is 7.01. The Hall–Kier alpha value is -2.78. The number of hydrogen-bond donors (Lipinski definition) is 2. The third-order valence-corrected chi connectivity index (χ3v) is 9.16. The van der Waals surface area contributed by atoms with Gasteiger partial charge in [-0.3, -0.25) is 9.59 Å². The molecule has 9 heteroatoms. The van der Waals surface area contributed by atoms with E-state index in [0.29, 0.717) is 24.4 Å². The molecule has 2 N–H and O–H groups in total. The van der Waals surface area contributed by atoms with E-state index in [1.165, 1.54) is 0 Å². The van der Waals surface area contributed by atoms with E-state index >= 15 is 0 Å². The van der Waals surface area contributed by atoms with Gasteiger partial charge in [-0.25, -0.2) is 4.68 Å². The normalized spacial score (nSPS) is 31.0. The van der Waals surface area contributed by atoms with Crippen molar-refractivity contribution in [3.8, 4) is 0 Å². The molecule has 2 amide bonds. The van der Waals surface area contributed by atoms with Gasteiger partial charge in [0, 0.05) is 25.1 Å². The standard InChI is InChI=1S/C30H41N5O4/c1-30(2,3)27(35-16-23(32-33-35)19-12-13-19)29(38)34-15-20(36)14-24(34)28(37)31-25-21-10-7-11-22(21)26(25)39-17-18-8-5-4-6-9-18/h4-6,8-9,16,19-22,24-27,36H,7,10-15,17H2,1-3H3,(H,31,37). The van der Waals surface area contributed by atoms with Crippen molar-refractivity contribution in [2.45, 2.75) is 102 Å². The first-order valence-electron chi connectivity index (χ1n) is 14.6. The summed E-state index contributed by atoms with van der Waals surface area (Å²) in [6.45, 7) is 6.65. The molecule has 7 unspecified atom stereocenters. The fraction of sp³-hybridized carbons (Fsp3) is 0.667. The Bertz CT molecular complexity index is 1190. The van der Waals surface area contributed by atoms with E-state index in [1.807, 2.05) is 45.2 Å². The highest BCUT2D eigenvalue weighted by Gasteiger charge is 2.55. The van der Waals surface area contributed by atoms with Crippen molar-refractivity contribution in [1.29, 1.82) is 0 Å². The zero-order valence-electron chi connectivity index (χ0n) is 23.2. The molecule has 7 atom stereocenters. The molecule has 0 radical (unpaired) electrons. The Morgan fingerprint density at radius 1 is 1.13 bits per heavy atom. The highest BCUT2D eigenvalue weighted by Crippen LogP contribution is 2.49. The predicted molar refractivity (Wildman–Crippen MR) is 144 cm³/mol. The minimum absolute atomic E-state index is 0.0320. The summed E-state index contributed by atoms with van der Waals surface area (Å²) in [6.07, 6.45) is 6.90. The van der Waals surface area contributed by atoms with Crippen LogP contribution in [0.5, 0.6) is 0 Å². The molecule has 0 spiro atoms. The highest BCUT2D eigenvalue weighted by atomic mass is 16.5. The zero-order valence-corrected chi connectivity index (χ0v) is 23.2. The van der Waals surface area contributed by atoms with E-state index in [2.05, 4.69) is 27.8 Å². The maximum Gasteiger partial charge on any atom is 0.248 e. The van der Waals surface area contributed by atoms with Gasteiger partial charge in [0.2, 0.25) is 11.8 Å². The molecule has 1 aromatic heterocycles. The number of benzene rings is 1. The van der Waals surface area contributed by atoms with Crippen LogP contribution in [0.1, 0.15) is 82.5 Å². The van der Waals surface area contributed by atoms with Crippen LogP contribution in [0.3, 0.4) is 0 Å². The lowest BCUT2D eigenvalue weighted by Crippen LogP contribution is -2.64. The van der Waals surface area contributed by atoms with Gasteiger partial charge in [-0.1, -0.05) is 62.7 Å². The smallest absolute Gasteiger partial charge is 0.248 e. The zero-order chi connectivity index (χ0) is 27.3. The second-order valence-electron chi connectivity index (χ2n) is 13.1. The number of aliphatic hydroxyl groups is 1. The predicted octanol–water partition coefficient (Wildman–Crippen LogP) is 3.20. The molecule has 210 valence electrons. The van der Waals surface area contributed by atoms with Crippen LogP contribution in [-0.2, 0) is 20.9 Å². The number of aliphatic hydroxyl groups excluding tert-OH is 1. The van der Waals surface area contributed by atoms with Gasteiger partial charge in [-0.15, -0.1) is 5.10 Å². The van der Waals surface area contributed by atoms with Crippen molar-refractivity contribution in [3.63, 3.8) is 0 Å². The maximum absolute atomic E-state index is 14.0. The minimum atomic E-state index is -0.742. The SMILES string of the molecule is CC(C)(C)C(C(=O)N1CC(O)CC1C(=O)NC1C2CCCC2C1OCc1ccccc1)n1cc(C2CC2)nn1. The summed E-state index contributed by atoms with van der Waals surface area (Å²) in [5.41, 5.74) is 1.58. The molecule has 1 aliphatic heterocycles. The van der Waals surface area contributed by atoms with Crippen LogP contribution < -0.4 is 5.32 Å². The van der Waals surface area contributed by atoms with Crippen LogP contribution in [0.15, 0.2) is 36.5 Å². The van der Waals surface area contributed by atoms with Crippen molar-refractivity contribution in [2.24, 2.45) is 17.3 Å². The quantitative estimate of drug-likeness (QED) is 0.537. The van der Waals surface area contributed by atoms with Gasteiger partial charge in [0.15, 0.2) is 0 Å². The molecule has 1 aromatic carbocycles. The summed E-state index contributed by atoms with van der Waals surface area (Å²) in [5, 5.41) is 22.5. The number of β-amino-alcohol motifs (C(OH)–C–C–N with tert-alkyl or cyclic N) is 1. The van der Waals surface area contributed by atoms with Crippen LogP contribution in [0.25, 0.3) is 0 Å². The van der Waals surface area contributed by atoms with Crippen molar-refractivity contribution in [3.05, 3.63) is 47.8 Å². The first-order valence-corrected chi connectivity index (χ1v) is 14.6. The van der Waals surface area contributed by atoms with E-state index in [4.69, 9.17) is 4.74 Å². The monoisotopic (exact) mass is 535 g/mol. The Morgan fingerprint density at radius 2 is 1.87 bits per heavy atom. The molecular formula is C30H41N5O4. The third-order valence-electron chi connectivity index (χ3n) is 9.16. The summed E-state index contributed by atoms with van der Waals surface area (Å²) < 4.78 is 8.02. The van der Waals surface area contributed by atoms with E-state index < -0.39 is 23.6 Å². The molecule has 6 rings (SSSR count).